The Morgan fingerprint density at radius 3 is 2.21 bits per heavy atom. The lowest BCUT2D eigenvalue weighted by molar-refractivity contribution is -0.202. The third-order valence-corrected chi connectivity index (χ3v) is 13.4. The number of rotatable bonds is 1. The summed E-state index contributed by atoms with van der Waals surface area (Å²) in [6, 6.07) is 0. The third kappa shape index (κ3) is 2.86. The molecule has 0 heterocycles. The molecule has 5 aliphatic rings. The Hall–Kier alpha value is -0.960. The monoisotopic (exact) mass is 468 g/mol. The van der Waals surface area contributed by atoms with E-state index < -0.39 is 0 Å². The van der Waals surface area contributed by atoms with Gasteiger partial charge in [-0.05, 0) is 110 Å². The predicted molar refractivity (Wildman–Crippen MR) is 136 cm³/mol. The molecule has 9 atom stereocenters. The van der Waals surface area contributed by atoms with Crippen LogP contribution in [0.5, 0.6) is 0 Å². The molecule has 3 heteroatoms. The van der Waals surface area contributed by atoms with Gasteiger partial charge in [-0.3, -0.25) is 9.59 Å². The first kappa shape index (κ1) is 24.7. The van der Waals surface area contributed by atoms with Crippen LogP contribution in [0.2, 0.25) is 0 Å². The van der Waals surface area contributed by atoms with Gasteiger partial charge in [0, 0.05) is 11.3 Å². The fourth-order valence-corrected chi connectivity index (χ4v) is 10.5. The summed E-state index contributed by atoms with van der Waals surface area (Å²) in [7, 11) is 0. The van der Waals surface area contributed by atoms with Crippen LogP contribution in [0, 0.1) is 50.2 Å². The molecule has 3 nitrogen and oxygen atoms in total. The molecular weight excluding hydrogens is 420 g/mol. The summed E-state index contributed by atoms with van der Waals surface area (Å²) < 4.78 is 0. The number of aliphatic hydroxyl groups is 1. The second kappa shape index (κ2) is 7.08. The maximum atomic E-state index is 14.3. The lowest BCUT2D eigenvalue weighted by atomic mass is 9.33. The summed E-state index contributed by atoms with van der Waals surface area (Å²) in [5.74, 6) is 1.37. The molecular formula is C31H48O3. The number of aliphatic hydroxyl groups excluding tert-OH is 1. The van der Waals surface area contributed by atoms with Crippen molar-refractivity contribution < 1.29 is 14.7 Å². The van der Waals surface area contributed by atoms with Gasteiger partial charge in [-0.15, -0.1) is 0 Å². The molecule has 0 radical (unpaired) electrons. The van der Waals surface area contributed by atoms with Crippen LogP contribution in [0.4, 0.5) is 0 Å². The van der Waals surface area contributed by atoms with Gasteiger partial charge in [0.05, 0.1) is 6.10 Å². The zero-order chi connectivity index (χ0) is 25.1. The van der Waals surface area contributed by atoms with Gasteiger partial charge in [-0.1, -0.05) is 54.0 Å². The maximum absolute atomic E-state index is 14.3. The van der Waals surface area contributed by atoms with Crippen molar-refractivity contribution in [2.45, 2.75) is 119 Å². The van der Waals surface area contributed by atoms with Crippen molar-refractivity contribution in [1.82, 2.24) is 0 Å². The van der Waals surface area contributed by atoms with Gasteiger partial charge in [0.15, 0.2) is 5.78 Å². The molecule has 34 heavy (non-hydrogen) atoms. The quantitative estimate of drug-likeness (QED) is 0.454. The lowest BCUT2D eigenvalue weighted by Crippen LogP contribution is -2.66. The minimum Gasteiger partial charge on any atom is -0.393 e. The molecule has 0 bridgehead atoms. The molecule has 0 aromatic rings. The Morgan fingerprint density at radius 1 is 0.912 bits per heavy atom. The number of fused-ring (bicyclic) bond motifs is 7. The zero-order valence-corrected chi connectivity index (χ0v) is 23.0. The number of allylic oxidation sites excluding steroid dienone is 2. The van der Waals surface area contributed by atoms with Crippen LogP contribution >= 0.6 is 0 Å². The van der Waals surface area contributed by atoms with E-state index in [1.54, 1.807) is 6.92 Å². The number of hydrogen-bond donors (Lipinski definition) is 1. The molecule has 0 aromatic heterocycles. The first-order valence-corrected chi connectivity index (χ1v) is 14.0. The molecule has 0 spiro atoms. The number of ketones is 2. The van der Waals surface area contributed by atoms with E-state index in [0.29, 0.717) is 23.4 Å². The van der Waals surface area contributed by atoms with Crippen molar-refractivity contribution in [2.24, 2.45) is 50.2 Å². The molecule has 0 saturated heterocycles. The number of carbonyl (C=O) groups is 2. The van der Waals surface area contributed by atoms with E-state index in [1.807, 2.05) is 0 Å². The zero-order valence-electron chi connectivity index (χ0n) is 23.0. The highest BCUT2D eigenvalue weighted by Gasteiger charge is 2.70. The van der Waals surface area contributed by atoms with Crippen LogP contribution in [0.1, 0.15) is 113 Å². The van der Waals surface area contributed by atoms with Gasteiger partial charge in [-0.2, -0.15) is 0 Å². The summed E-state index contributed by atoms with van der Waals surface area (Å²) in [5, 5.41) is 10.9. The Morgan fingerprint density at radius 2 is 1.56 bits per heavy atom. The molecule has 4 saturated carbocycles. The standard InChI is InChI=1S/C31H48O3/c1-19(32)28(5)14-13-27(4)15-16-30(7)20(21(27)18-28)17-22(33)25-29(6)11-10-24(34)26(2,3)23(29)9-12-31(25,30)8/h17,21,23-25,34H,9-16,18H2,1-8H3/t21-,23?,24+,25?,27-,28+,29+,30-,31-/m1/s1. The van der Waals surface area contributed by atoms with Crippen molar-refractivity contribution in [3.8, 4) is 0 Å². The highest BCUT2D eigenvalue weighted by molar-refractivity contribution is 5.95. The summed E-state index contributed by atoms with van der Waals surface area (Å²) in [5.41, 5.74) is 1.02. The van der Waals surface area contributed by atoms with E-state index in [9.17, 15) is 14.7 Å². The van der Waals surface area contributed by atoms with Gasteiger partial charge in [0.25, 0.3) is 0 Å². The average molecular weight is 469 g/mol. The van der Waals surface area contributed by atoms with E-state index in [2.05, 4.69) is 54.5 Å². The molecule has 5 aliphatic carbocycles. The molecule has 0 aliphatic heterocycles. The first-order valence-electron chi connectivity index (χ1n) is 14.0. The fraction of sp³-hybridized carbons (Fsp3) is 0.871. The Balaban J connectivity index is 1.62. The molecule has 1 N–H and O–H groups in total. The minimum absolute atomic E-state index is 0.00101. The Kier molecular flexibility index (Phi) is 5.15. The topological polar surface area (TPSA) is 54.4 Å². The van der Waals surface area contributed by atoms with Gasteiger partial charge < -0.3 is 5.11 Å². The van der Waals surface area contributed by atoms with Gasteiger partial charge in [0.1, 0.15) is 5.78 Å². The number of hydrogen-bond acceptors (Lipinski definition) is 3. The largest absolute Gasteiger partial charge is 0.393 e. The van der Waals surface area contributed by atoms with E-state index in [-0.39, 0.29) is 44.5 Å². The van der Waals surface area contributed by atoms with Crippen molar-refractivity contribution in [1.29, 1.82) is 0 Å². The molecule has 190 valence electrons. The van der Waals surface area contributed by atoms with Crippen LogP contribution in [-0.2, 0) is 9.59 Å². The Labute approximate surface area is 207 Å². The first-order chi connectivity index (χ1) is 15.6. The van der Waals surface area contributed by atoms with Crippen LogP contribution in [0.15, 0.2) is 11.6 Å². The summed E-state index contributed by atoms with van der Waals surface area (Å²) in [6.07, 6.45) is 11.0. The van der Waals surface area contributed by atoms with Gasteiger partial charge in [-0.25, -0.2) is 0 Å². The van der Waals surface area contributed by atoms with E-state index in [1.165, 1.54) is 12.0 Å². The molecule has 0 aromatic carbocycles. The summed E-state index contributed by atoms with van der Waals surface area (Å²) in [6.45, 7) is 18.1. The number of Topliss-reactive ketones (excluding diaryl/α,β-unsaturated/α-hetero) is 1. The van der Waals surface area contributed by atoms with E-state index in [4.69, 9.17) is 0 Å². The summed E-state index contributed by atoms with van der Waals surface area (Å²) in [4.78, 5) is 26.9. The second-order valence-electron chi connectivity index (χ2n) is 15.2. The van der Waals surface area contributed by atoms with Crippen LogP contribution in [-0.4, -0.2) is 22.8 Å². The third-order valence-electron chi connectivity index (χ3n) is 13.4. The van der Waals surface area contributed by atoms with Crippen LogP contribution < -0.4 is 0 Å². The van der Waals surface area contributed by atoms with Crippen molar-refractivity contribution >= 4 is 11.6 Å². The second-order valence-corrected chi connectivity index (χ2v) is 15.2. The van der Waals surface area contributed by atoms with Crippen molar-refractivity contribution in [3.05, 3.63) is 11.6 Å². The smallest absolute Gasteiger partial charge is 0.159 e. The van der Waals surface area contributed by atoms with Crippen LogP contribution in [0.25, 0.3) is 0 Å². The molecule has 2 unspecified atom stereocenters. The molecule has 4 fully saturated rings. The van der Waals surface area contributed by atoms with Crippen LogP contribution in [0.3, 0.4) is 0 Å². The SMILES string of the molecule is CC(=O)[C@@]1(C)CC[C@]2(C)CC[C@]3(C)C(=CC(=O)C4[C@@]5(C)CC[C@H](O)C(C)(C)C5CC[C@]43C)[C@H]2C1. The maximum Gasteiger partial charge on any atom is 0.159 e. The van der Waals surface area contributed by atoms with Crippen molar-refractivity contribution in [2.75, 3.05) is 0 Å². The summed E-state index contributed by atoms with van der Waals surface area (Å²) >= 11 is 0. The average Bonchev–Trinajstić information content (AvgIpc) is 2.73. The van der Waals surface area contributed by atoms with E-state index in [0.717, 1.165) is 51.4 Å². The lowest BCUT2D eigenvalue weighted by Gasteiger charge is -2.70. The highest BCUT2D eigenvalue weighted by atomic mass is 16.3. The fourth-order valence-electron chi connectivity index (χ4n) is 10.5. The van der Waals surface area contributed by atoms with E-state index >= 15 is 0 Å². The molecule has 5 rings (SSSR count). The van der Waals surface area contributed by atoms with Gasteiger partial charge in [0.2, 0.25) is 0 Å². The Bertz CT molecular complexity index is 962. The predicted octanol–water partition coefficient (Wildman–Crippen LogP) is 6.92. The normalized spacial score (nSPS) is 54.1. The minimum atomic E-state index is -0.280. The van der Waals surface area contributed by atoms with Crippen molar-refractivity contribution in [3.63, 3.8) is 0 Å². The number of carbonyl (C=O) groups excluding carboxylic acids is 2. The molecule has 0 amide bonds. The highest BCUT2D eigenvalue weighted by Crippen LogP contribution is 2.75. The van der Waals surface area contributed by atoms with Gasteiger partial charge >= 0.3 is 0 Å².